The highest BCUT2D eigenvalue weighted by Gasteiger charge is 2.31. The van der Waals surface area contributed by atoms with Crippen molar-refractivity contribution in [2.45, 2.75) is 20.0 Å². The molecule has 154 valence electrons. The molecule has 2 heterocycles. The van der Waals surface area contributed by atoms with Gasteiger partial charge in [-0.2, -0.15) is 0 Å². The highest BCUT2D eigenvalue weighted by Crippen LogP contribution is 2.35. The van der Waals surface area contributed by atoms with Crippen molar-refractivity contribution in [3.8, 4) is 11.5 Å². The number of rotatable bonds is 5. The second-order valence-corrected chi connectivity index (χ2v) is 7.55. The van der Waals surface area contributed by atoms with Crippen molar-refractivity contribution in [3.63, 3.8) is 0 Å². The van der Waals surface area contributed by atoms with E-state index in [9.17, 15) is 14.4 Å². The highest BCUT2D eigenvalue weighted by atomic mass is 32.1. The first-order valence-electron chi connectivity index (χ1n) is 9.05. The number of nitrogens with zero attached hydrogens (tertiary/aromatic N) is 1. The molecule has 1 atom stereocenters. The van der Waals surface area contributed by atoms with Crippen molar-refractivity contribution in [3.05, 3.63) is 40.3 Å². The normalized spacial score (nSPS) is 14.8. The molecule has 1 aliphatic rings. The topological polar surface area (TPSA) is 94.2 Å². The molecule has 3 rings (SSSR count). The highest BCUT2D eigenvalue weighted by molar-refractivity contribution is 7.18. The number of hydrogen-bond donors (Lipinski definition) is 1. The third kappa shape index (κ3) is 4.19. The molecule has 2 amide bonds. The van der Waals surface area contributed by atoms with Gasteiger partial charge in [-0.3, -0.25) is 9.59 Å². The van der Waals surface area contributed by atoms with Crippen molar-refractivity contribution in [2.75, 3.05) is 32.6 Å². The van der Waals surface area contributed by atoms with E-state index in [0.29, 0.717) is 21.9 Å². The van der Waals surface area contributed by atoms with Crippen molar-refractivity contribution < 1.29 is 28.6 Å². The average molecular weight is 418 g/mol. The first-order chi connectivity index (χ1) is 13.8. The summed E-state index contributed by atoms with van der Waals surface area (Å²) in [7, 11) is 3.24. The van der Waals surface area contributed by atoms with Crippen LogP contribution in [0.2, 0.25) is 0 Å². The van der Waals surface area contributed by atoms with Gasteiger partial charge in [-0.1, -0.05) is 12.1 Å². The molecule has 1 aromatic carbocycles. The number of carbonyl (C=O) groups is 3. The maximum absolute atomic E-state index is 12.8. The maximum atomic E-state index is 12.8. The molecule has 2 aromatic rings. The minimum atomic E-state index is -0.893. The lowest BCUT2D eigenvalue weighted by Crippen LogP contribution is -2.40. The van der Waals surface area contributed by atoms with Gasteiger partial charge in [-0.15, -0.1) is 11.3 Å². The molecule has 0 bridgehead atoms. The van der Waals surface area contributed by atoms with Crippen LogP contribution in [0.4, 0.5) is 5.00 Å². The SMILES string of the molecule is CCOC(=O)c1c(NC(=O)C2COc3ccccc3O2)sc(C(=O)N(C)C)c1C. The lowest BCUT2D eigenvalue weighted by atomic mass is 10.1. The lowest BCUT2D eigenvalue weighted by molar-refractivity contribution is -0.125. The first kappa shape index (κ1) is 20.7. The summed E-state index contributed by atoms with van der Waals surface area (Å²) >= 11 is 1.03. The van der Waals surface area contributed by atoms with E-state index in [1.807, 2.05) is 6.07 Å². The molecule has 1 N–H and O–H groups in total. The molecule has 0 fully saturated rings. The average Bonchev–Trinajstić information content (AvgIpc) is 3.02. The van der Waals surface area contributed by atoms with Gasteiger partial charge in [0.1, 0.15) is 11.6 Å². The van der Waals surface area contributed by atoms with Gasteiger partial charge in [0.05, 0.1) is 17.0 Å². The van der Waals surface area contributed by atoms with E-state index in [-0.39, 0.29) is 29.7 Å². The predicted molar refractivity (Wildman–Crippen MR) is 108 cm³/mol. The summed E-state index contributed by atoms with van der Waals surface area (Å²) < 4.78 is 16.4. The summed E-state index contributed by atoms with van der Waals surface area (Å²) in [5.41, 5.74) is 0.640. The Kier molecular flexibility index (Phi) is 6.07. The van der Waals surface area contributed by atoms with E-state index in [1.165, 1.54) is 4.90 Å². The zero-order valence-electron chi connectivity index (χ0n) is 16.6. The molecule has 9 heteroatoms. The zero-order chi connectivity index (χ0) is 21.1. The summed E-state index contributed by atoms with van der Waals surface area (Å²) in [6, 6.07) is 7.06. The Hall–Kier alpha value is -3.07. The van der Waals surface area contributed by atoms with Crippen LogP contribution < -0.4 is 14.8 Å². The van der Waals surface area contributed by atoms with E-state index in [4.69, 9.17) is 14.2 Å². The predicted octanol–water partition coefficient (Wildman–Crippen LogP) is 2.71. The van der Waals surface area contributed by atoms with Gasteiger partial charge in [-0.05, 0) is 31.5 Å². The number of nitrogens with one attached hydrogen (secondary N) is 1. The number of esters is 1. The largest absolute Gasteiger partial charge is 0.485 e. The molecular formula is C20H22N2O6S. The monoisotopic (exact) mass is 418 g/mol. The Balaban J connectivity index is 1.87. The van der Waals surface area contributed by atoms with E-state index < -0.39 is 18.0 Å². The summed E-state index contributed by atoms with van der Waals surface area (Å²) in [5, 5.41) is 2.96. The quantitative estimate of drug-likeness (QED) is 0.751. The van der Waals surface area contributed by atoms with Crippen LogP contribution in [0, 0.1) is 6.92 Å². The van der Waals surface area contributed by atoms with Crippen molar-refractivity contribution >= 4 is 34.1 Å². The van der Waals surface area contributed by atoms with E-state index >= 15 is 0 Å². The van der Waals surface area contributed by atoms with Gasteiger partial charge in [0.2, 0.25) is 6.10 Å². The molecule has 0 aliphatic carbocycles. The summed E-state index contributed by atoms with van der Waals surface area (Å²) in [6.45, 7) is 3.56. The fourth-order valence-corrected chi connectivity index (χ4v) is 4.02. The number of ether oxygens (including phenoxy) is 3. The maximum Gasteiger partial charge on any atom is 0.341 e. The van der Waals surface area contributed by atoms with Gasteiger partial charge >= 0.3 is 5.97 Å². The minimum absolute atomic E-state index is 0.0332. The summed E-state index contributed by atoms with van der Waals surface area (Å²) in [6.07, 6.45) is -0.893. The number of anilines is 1. The Labute approximate surface area is 172 Å². The fraction of sp³-hybridized carbons (Fsp3) is 0.350. The van der Waals surface area contributed by atoms with Gasteiger partial charge in [0.15, 0.2) is 11.5 Å². The van der Waals surface area contributed by atoms with E-state index in [0.717, 1.165) is 11.3 Å². The smallest absolute Gasteiger partial charge is 0.341 e. The first-order valence-corrected chi connectivity index (χ1v) is 9.86. The Morgan fingerprint density at radius 2 is 1.93 bits per heavy atom. The molecule has 0 saturated heterocycles. The van der Waals surface area contributed by atoms with Gasteiger partial charge in [0, 0.05) is 14.1 Å². The van der Waals surface area contributed by atoms with E-state index in [1.54, 1.807) is 46.1 Å². The van der Waals surface area contributed by atoms with Crippen LogP contribution in [0.15, 0.2) is 24.3 Å². The van der Waals surface area contributed by atoms with Crippen LogP contribution in [0.25, 0.3) is 0 Å². The van der Waals surface area contributed by atoms with Gasteiger partial charge in [0.25, 0.3) is 11.8 Å². The Morgan fingerprint density at radius 3 is 2.59 bits per heavy atom. The van der Waals surface area contributed by atoms with Crippen LogP contribution in [0.1, 0.15) is 32.5 Å². The minimum Gasteiger partial charge on any atom is -0.485 e. The molecule has 1 aliphatic heterocycles. The third-order valence-corrected chi connectivity index (χ3v) is 5.46. The van der Waals surface area contributed by atoms with Crippen LogP contribution in [0.3, 0.4) is 0 Å². The van der Waals surface area contributed by atoms with Crippen molar-refractivity contribution in [1.29, 1.82) is 0 Å². The number of fused-ring (bicyclic) bond motifs is 1. The standard InChI is InChI=1S/C20H22N2O6S/c1-5-26-20(25)15-11(2)16(19(24)22(3)4)29-18(15)21-17(23)14-10-27-12-8-6-7-9-13(12)28-14/h6-9,14H,5,10H2,1-4H3,(H,21,23). The number of thiophene rings is 1. The van der Waals surface area contributed by atoms with Crippen LogP contribution in [-0.4, -0.2) is 56.1 Å². The summed E-state index contributed by atoms with van der Waals surface area (Å²) in [4.78, 5) is 39.5. The van der Waals surface area contributed by atoms with Crippen LogP contribution in [-0.2, 0) is 9.53 Å². The molecular weight excluding hydrogens is 396 g/mol. The van der Waals surface area contributed by atoms with Gasteiger partial charge in [-0.25, -0.2) is 4.79 Å². The molecule has 1 aromatic heterocycles. The third-order valence-electron chi connectivity index (χ3n) is 4.26. The summed E-state index contributed by atoms with van der Waals surface area (Å²) in [5.74, 6) is -0.301. The second-order valence-electron chi connectivity index (χ2n) is 6.53. The molecule has 0 spiro atoms. The number of benzene rings is 1. The molecule has 0 saturated carbocycles. The van der Waals surface area contributed by atoms with Crippen LogP contribution >= 0.6 is 11.3 Å². The van der Waals surface area contributed by atoms with Crippen molar-refractivity contribution in [2.24, 2.45) is 0 Å². The van der Waals surface area contributed by atoms with Gasteiger partial charge < -0.3 is 24.4 Å². The molecule has 1 unspecified atom stereocenters. The van der Waals surface area contributed by atoms with Crippen molar-refractivity contribution in [1.82, 2.24) is 4.90 Å². The number of para-hydroxylation sites is 2. The van der Waals surface area contributed by atoms with Crippen LogP contribution in [0.5, 0.6) is 11.5 Å². The molecule has 8 nitrogen and oxygen atoms in total. The molecule has 29 heavy (non-hydrogen) atoms. The second kappa shape index (κ2) is 8.52. The number of hydrogen-bond acceptors (Lipinski definition) is 7. The molecule has 0 radical (unpaired) electrons. The number of amides is 2. The lowest BCUT2D eigenvalue weighted by Gasteiger charge is -2.25. The Bertz CT molecular complexity index is 952. The van der Waals surface area contributed by atoms with E-state index in [2.05, 4.69) is 5.32 Å². The number of carbonyl (C=O) groups excluding carboxylic acids is 3. The fourth-order valence-electron chi connectivity index (χ4n) is 2.80. The zero-order valence-corrected chi connectivity index (χ0v) is 17.4. The Morgan fingerprint density at radius 1 is 1.24 bits per heavy atom.